The zero-order valence-corrected chi connectivity index (χ0v) is 7.34. The van der Waals surface area contributed by atoms with Crippen LogP contribution in [0.2, 0.25) is 0 Å². The highest BCUT2D eigenvalue weighted by atomic mass is 16.6. The molecule has 0 aromatic heterocycles. The van der Waals surface area contributed by atoms with Gasteiger partial charge in [-0.1, -0.05) is 13.3 Å². The zero-order valence-electron chi connectivity index (χ0n) is 7.34. The first-order valence-corrected chi connectivity index (χ1v) is 4.33. The minimum atomic E-state index is -0.387. The Balaban J connectivity index is 2.10. The number of nitrogens with one attached hydrogen (secondary N) is 1. The minimum Gasteiger partial charge on any atom is -0.464 e. The molecular formula is C8H15NO3. The van der Waals surface area contributed by atoms with Gasteiger partial charge in [0.15, 0.2) is 6.10 Å². The average Bonchev–Trinajstić information content (AvgIpc) is 2.56. The summed E-state index contributed by atoms with van der Waals surface area (Å²) in [5.74, 6) is -0.242. The van der Waals surface area contributed by atoms with Gasteiger partial charge < -0.3 is 9.47 Å². The van der Waals surface area contributed by atoms with Gasteiger partial charge >= 0.3 is 5.97 Å². The molecular weight excluding hydrogens is 158 g/mol. The SMILES string of the molecule is CCCCOC(=O)C1CNCO1. The molecule has 4 nitrogen and oxygen atoms in total. The van der Waals surface area contributed by atoms with E-state index in [4.69, 9.17) is 9.47 Å². The second-order valence-electron chi connectivity index (χ2n) is 2.77. The first-order chi connectivity index (χ1) is 5.84. The Hall–Kier alpha value is -0.610. The van der Waals surface area contributed by atoms with Gasteiger partial charge in [0.05, 0.1) is 13.3 Å². The van der Waals surface area contributed by atoms with Gasteiger partial charge in [-0.2, -0.15) is 0 Å². The molecule has 0 amide bonds. The fraction of sp³-hybridized carbons (Fsp3) is 0.875. The Kier molecular flexibility index (Phi) is 4.04. The van der Waals surface area contributed by atoms with Crippen LogP contribution in [0.3, 0.4) is 0 Å². The van der Waals surface area contributed by atoms with E-state index in [0.717, 1.165) is 12.8 Å². The van der Waals surface area contributed by atoms with Crippen LogP contribution in [0.5, 0.6) is 0 Å². The topological polar surface area (TPSA) is 47.6 Å². The summed E-state index contributed by atoms with van der Waals surface area (Å²) in [4.78, 5) is 11.1. The number of hydrogen-bond acceptors (Lipinski definition) is 4. The predicted octanol–water partition coefficient (Wildman–Crippen LogP) is 0.276. The molecule has 12 heavy (non-hydrogen) atoms. The maximum atomic E-state index is 11.1. The molecule has 1 atom stereocenters. The molecule has 0 aromatic carbocycles. The number of ether oxygens (including phenoxy) is 2. The fourth-order valence-electron chi connectivity index (χ4n) is 0.970. The summed E-state index contributed by atoms with van der Waals surface area (Å²) < 4.78 is 10.0. The van der Waals surface area contributed by atoms with E-state index < -0.39 is 0 Å². The van der Waals surface area contributed by atoms with Crippen molar-refractivity contribution in [1.29, 1.82) is 0 Å². The van der Waals surface area contributed by atoms with Crippen molar-refractivity contribution in [3.8, 4) is 0 Å². The van der Waals surface area contributed by atoms with Crippen LogP contribution in [0.25, 0.3) is 0 Å². The summed E-state index contributed by atoms with van der Waals surface area (Å²) in [5.41, 5.74) is 0. The summed E-state index contributed by atoms with van der Waals surface area (Å²) >= 11 is 0. The minimum absolute atomic E-state index is 0.242. The van der Waals surface area contributed by atoms with Crippen LogP contribution < -0.4 is 5.32 Å². The van der Waals surface area contributed by atoms with Crippen molar-refractivity contribution in [2.75, 3.05) is 19.9 Å². The largest absolute Gasteiger partial charge is 0.464 e. The van der Waals surface area contributed by atoms with Gasteiger partial charge in [0.25, 0.3) is 0 Å². The molecule has 0 saturated carbocycles. The Morgan fingerprint density at radius 2 is 2.58 bits per heavy atom. The van der Waals surface area contributed by atoms with Crippen LogP contribution in [0.4, 0.5) is 0 Å². The summed E-state index contributed by atoms with van der Waals surface area (Å²) in [7, 11) is 0. The van der Waals surface area contributed by atoms with Gasteiger partial charge in [0.1, 0.15) is 0 Å². The molecule has 1 aliphatic heterocycles. The van der Waals surface area contributed by atoms with Gasteiger partial charge in [0, 0.05) is 6.54 Å². The molecule has 4 heteroatoms. The van der Waals surface area contributed by atoms with Crippen LogP contribution in [0.1, 0.15) is 19.8 Å². The molecule has 1 rings (SSSR count). The summed E-state index contributed by atoms with van der Waals surface area (Å²) in [5, 5.41) is 2.92. The van der Waals surface area contributed by atoms with Gasteiger partial charge in [-0.25, -0.2) is 4.79 Å². The monoisotopic (exact) mass is 173 g/mol. The highest BCUT2D eigenvalue weighted by Gasteiger charge is 2.24. The highest BCUT2D eigenvalue weighted by Crippen LogP contribution is 2.00. The molecule has 70 valence electrons. The van der Waals surface area contributed by atoms with E-state index >= 15 is 0 Å². The second kappa shape index (κ2) is 5.11. The third-order valence-corrected chi connectivity index (χ3v) is 1.72. The van der Waals surface area contributed by atoms with Crippen molar-refractivity contribution in [3.05, 3.63) is 0 Å². The molecule has 0 aromatic rings. The Morgan fingerprint density at radius 3 is 3.17 bits per heavy atom. The quantitative estimate of drug-likeness (QED) is 0.490. The molecule has 0 radical (unpaired) electrons. The van der Waals surface area contributed by atoms with E-state index in [-0.39, 0.29) is 12.1 Å². The fourth-order valence-corrected chi connectivity index (χ4v) is 0.970. The average molecular weight is 173 g/mol. The van der Waals surface area contributed by atoms with E-state index in [9.17, 15) is 4.79 Å². The van der Waals surface area contributed by atoms with E-state index in [1.54, 1.807) is 0 Å². The molecule has 0 bridgehead atoms. The first kappa shape index (κ1) is 9.48. The van der Waals surface area contributed by atoms with E-state index in [1.807, 2.05) is 0 Å². The van der Waals surface area contributed by atoms with Crippen molar-refractivity contribution in [3.63, 3.8) is 0 Å². The number of carbonyl (C=O) groups is 1. The van der Waals surface area contributed by atoms with Crippen LogP contribution in [-0.4, -0.2) is 32.0 Å². The highest BCUT2D eigenvalue weighted by molar-refractivity contribution is 5.75. The van der Waals surface area contributed by atoms with Crippen molar-refractivity contribution in [1.82, 2.24) is 5.32 Å². The van der Waals surface area contributed by atoms with Crippen molar-refractivity contribution >= 4 is 5.97 Å². The molecule has 1 unspecified atom stereocenters. The third kappa shape index (κ3) is 2.79. The van der Waals surface area contributed by atoms with E-state index in [2.05, 4.69) is 12.2 Å². The molecule has 0 spiro atoms. The van der Waals surface area contributed by atoms with Crippen LogP contribution >= 0.6 is 0 Å². The molecule has 1 saturated heterocycles. The second-order valence-corrected chi connectivity index (χ2v) is 2.77. The summed E-state index contributed by atoms with van der Waals surface area (Å²) in [6.07, 6.45) is 1.57. The molecule has 1 heterocycles. The predicted molar refractivity (Wildman–Crippen MR) is 43.6 cm³/mol. The first-order valence-electron chi connectivity index (χ1n) is 4.33. The lowest BCUT2D eigenvalue weighted by Crippen LogP contribution is -2.27. The number of unbranched alkanes of at least 4 members (excludes halogenated alkanes) is 1. The zero-order chi connectivity index (χ0) is 8.81. The van der Waals surface area contributed by atoms with Gasteiger partial charge in [-0.15, -0.1) is 0 Å². The number of hydrogen-bond donors (Lipinski definition) is 1. The smallest absolute Gasteiger partial charge is 0.336 e. The maximum Gasteiger partial charge on any atom is 0.336 e. The van der Waals surface area contributed by atoms with Crippen LogP contribution in [0.15, 0.2) is 0 Å². The number of esters is 1. The number of carbonyl (C=O) groups excluding carboxylic acids is 1. The third-order valence-electron chi connectivity index (χ3n) is 1.72. The Labute approximate surface area is 72.2 Å². The summed E-state index contributed by atoms with van der Waals surface area (Å²) in [6.45, 7) is 3.59. The van der Waals surface area contributed by atoms with E-state index in [0.29, 0.717) is 19.9 Å². The van der Waals surface area contributed by atoms with Crippen molar-refractivity contribution in [2.24, 2.45) is 0 Å². The lowest BCUT2D eigenvalue weighted by Gasteiger charge is -2.07. The maximum absolute atomic E-state index is 11.1. The molecule has 1 N–H and O–H groups in total. The van der Waals surface area contributed by atoms with Crippen LogP contribution in [0, 0.1) is 0 Å². The van der Waals surface area contributed by atoms with E-state index in [1.165, 1.54) is 0 Å². The number of rotatable bonds is 4. The van der Waals surface area contributed by atoms with Gasteiger partial charge in [-0.3, -0.25) is 5.32 Å². The Morgan fingerprint density at radius 1 is 1.75 bits per heavy atom. The molecule has 0 aliphatic carbocycles. The standard InChI is InChI=1S/C8H15NO3/c1-2-3-4-11-8(10)7-5-9-6-12-7/h7,9H,2-6H2,1H3. The van der Waals surface area contributed by atoms with Gasteiger partial charge in [0.2, 0.25) is 0 Å². The molecule has 1 fully saturated rings. The van der Waals surface area contributed by atoms with Crippen LogP contribution in [-0.2, 0) is 14.3 Å². The van der Waals surface area contributed by atoms with Crippen molar-refractivity contribution in [2.45, 2.75) is 25.9 Å². The normalized spacial score (nSPS) is 22.6. The lowest BCUT2D eigenvalue weighted by atomic mass is 10.3. The van der Waals surface area contributed by atoms with Crippen molar-refractivity contribution < 1.29 is 14.3 Å². The lowest BCUT2D eigenvalue weighted by molar-refractivity contribution is -0.153. The van der Waals surface area contributed by atoms with Gasteiger partial charge in [-0.05, 0) is 6.42 Å². The summed E-state index contributed by atoms with van der Waals surface area (Å²) in [6, 6.07) is 0. The Bertz CT molecular complexity index is 143. The molecule has 1 aliphatic rings.